The van der Waals surface area contributed by atoms with Gasteiger partial charge in [0.15, 0.2) is 15.0 Å². The number of carbonyl (C=O) groups excluding carboxylic acids is 1. The predicted molar refractivity (Wildman–Crippen MR) is 124 cm³/mol. The molecule has 0 bridgehead atoms. The van der Waals surface area contributed by atoms with Crippen molar-refractivity contribution in [1.82, 2.24) is 14.5 Å². The van der Waals surface area contributed by atoms with Gasteiger partial charge in [-0.15, -0.1) is 0 Å². The molecule has 1 saturated carbocycles. The van der Waals surface area contributed by atoms with E-state index in [0.717, 1.165) is 18.9 Å². The maximum Gasteiger partial charge on any atom is 0.252 e. The van der Waals surface area contributed by atoms with Crippen molar-refractivity contribution in [1.29, 1.82) is 0 Å². The summed E-state index contributed by atoms with van der Waals surface area (Å²) in [6, 6.07) is 5.37. The molecule has 1 atom stereocenters. The number of fused-ring (bicyclic) bond motifs is 1. The quantitative estimate of drug-likeness (QED) is 0.543. The second-order valence-corrected chi connectivity index (χ2v) is 11.7. The topological polar surface area (TPSA) is 120 Å². The smallest absolute Gasteiger partial charge is 0.252 e. The lowest BCUT2D eigenvalue weighted by molar-refractivity contribution is -0.120. The van der Waals surface area contributed by atoms with E-state index in [9.17, 15) is 18.0 Å². The highest BCUT2D eigenvalue weighted by Gasteiger charge is 2.37. The molecule has 1 aliphatic carbocycles. The van der Waals surface area contributed by atoms with Crippen molar-refractivity contribution >= 4 is 42.6 Å². The summed E-state index contributed by atoms with van der Waals surface area (Å²) in [5, 5.41) is 2.85. The summed E-state index contributed by atoms with van der Waals surface area (Å²) in [6.45, 7) is 1.24. The van der Waals surface area contributed by atoms with Gasteiger partial charge in [0.1, 0.15) is 16.4 Å². The molecule has 9 nitrogen and oxygen atoms in total. The van der Waals surface area contributed by atoms with E-state index in [4.69, 9.17) is 4.74 Å². The molecule has 1 saturated heterocycles. The van der Waals surface area contributed by atoms with Gasteiger partial charge in [-0.1, -0.05) is 11.3 Å². The fraction of sp³-hybridized carbons (Fsp3) is 0.455. The highest BCUT2D eigenvalue weighted by Crippen LogP contribution is 2.33. The number of hydrogen-bond donors (Lipinski definition) is 1. The first-order valence-corrected chi connectivity index (χ1v) is 13.3. The van der Waals surface area contributed by atoms with Crippen molar-refractivity contribution in [3.05, 3.63) is 47.0 Å². The Morgan fingerprint density at radius 2 is 2.03 bits per heavy atom. The maximum absolute atomic E-state index is 13.3. The predicted octanol–water partition coefficient (Wildman–Crippen LogP) is 2.79. The number of rotatable bonds is 7. The zero-order valence-electron chi connectivity index (χ0n) is 17.8. The van der Waals surface area contributed by atoms with E-state index in [1.54, 1.807) is 12.3 Å². The zero-order chi connectivity index (χ0) is 23.0. The van der Waals surface area contributed by atoms with Crippen LogP contribution in [0, 0.1) is 5.92 Å². The standard InChI is InChI=1S/C22H24N4O5S2/c27-19-13-16(33(29,30)15-3-4-15)5-9-26(19)18(12-14-6-10-31-11-7-14)20(28)25-22-24-17-2-1-8-23-21(17)32-22/h1-2,5,8-9,13-15,18H,3-4,6-7,10-12H2,(H,24,25,28)/t18-/m1/s1. The number of ether oxygens (including phenoxy) is 1. The van der Waals surface area contributed by atoms with Gasteiger partial charge in [-0.05, 0) is 56.2 Å². The van der Waals surface area contributed by atoms with Crippen LogP contribution in [0.5, 0.6) is 0 Å². The van der Waals surface area contributed by atoms with E-state index < -0.39 is 26.7 Å². The van der Waals surface area contributed by atoms with Gasteiger partial charge in [-0.25, -0.2) is 18.4 Å². The van der Waals surface area contributed by atoms with Gasteiger partial charge in [0, 0.05) is 31.7 Å². The normalized spacial score (nSPS) is 18.3. The van der Waals surface area contributed by atoms with Crippen LogP contribution < -0.4 is 10.9 Å². The Balaban J connectivity index is 1.44. The van der Waals surface area contributed by atoms with E-state index in [1.807, 2.05) is 6.07 Å². The SMILES string of the molecule is O=C(Nc1nc2cccnc2s1)[C@@H](CC1CCOCC1)n1ccc(S(=O)(=O)C2CC2)cc1=O. The highest BCUT2D eigenvalue weighted by molar-refractivity contribution is 7.92. The second-order valence-electron chi connectivity index (χ2n) is 8.50. The summed E-state index contributed by atoms with van der Waals surface area (Å²) in [4.78, 5) is 35.7. The number of nitrogens with one attached hydrogen (secondary N) is 1. The van der Waals surface area contributed by atoms with Crippen molar-refractivity contribution in [3.63, 3.8) is 0 Å². The Labute approximate surface area is 194 Å². The Morgan fingerprint density at radius 3 is 2.73 bits per heavy atom. The van der Waals surface area contributed by atoms with Crippen molar-refractivity contribution in [3.8, 4) is 0 Å². The van der Waals surface area contributed by atoms with Crippen molar-refractivity contribution in [2.45, 2.75) is 48.3 Å². The average molecular weight is 489 g/mol. The third-order valence-corrected chi connectivity index (χ3v) is 9.30. The first-order valence-electron chi connectivity index (χ1n) is 11.0. The molecule has 1 N–H and O–H groups in total. The Kier molecular flexibility index (Phi) is 6.02. The molecule has 0 unspecified atom stereocenters. The van der Waals surface area contributed by atoms with Crippen LogP contribution in [0.1, 0.15) is 38.1 Å². The van der Waals surface area contributed by atoms with Gasteiger partial charge in [0.2, 0.25) is 5.91 Å². The van der Waals surface area contributed by atoms with Crippen LogP contribution in [0.15, 0.2) is 46.3 Å². The first kappa shape index (κ1) is 22.2. The van der Waals surface area contributed by atoms with E-state index >= 15 is 0 Å². The number of aromatic nitrogens is 3. The van der Waals surface area contributed by atoms with Crippen LogP contribution in [-0.2, 0) is 19.4 Å². The van der Waals surface area contributed by atoms with E-state index in [-0.39, 0.29) is 16.7 Å². The van der Waals surface area contributed by atoms with E-state index in [0.29, 0.717) is 48.0 Å². The Bertz CT molecular complexity index is 1310. The summed E-state index contributed by atoms with van der Waals surface area (Å²) >= 11 is 1.26. The van der Waals surface area contributed by atoms with Crippen molar-refractivity contribution < 1.29 is 17.9 Å². The Morgan fingerprint density at radius 1 is 1.24 bits per heavy atom. The largest absolute Gasteiger partial charge is 0.381 e. The number of amides is 1. The van der Waals surface area contributed by atoms with Crippen LogP contribution in [-0.4, -0.2) is 47.3 Å². The zero-order valence-corrected chi connectivity index (χ0v) is 19.5. The molecular weight excluding hydrogens is 464 g/mol. The van der Waals surface area contributed by atoms with Crippen molar-refractivity contribution in [2.75, 3.05) is 18.5 Å². The molecule has 5 rings (SSSR count). The number of thiazole rings is 1. The summed E-state index contributed by atoms with van der Waals surface area (Å²) < 4.78 is 31.9. The first-order chi connectivity index (χ1) is 15.9. The van der Waals surface area contributed by atoms with E-state index in [1.165, 1.54) is 28.2 Å². The lowest BCUT2D eigenvalue weighted by atomic mass is 9.92. The number of pyridine rings is 2. The molecule has 3 aromatic heterocycles. The number of sulfone groups is 1. The summed E-state index contributed by atoms with van der Waals surface area (Å²) in [5.74, 6) is -0.145. The van der Waals surface area contributed by atoms with Gasteiger partial charge in [-0.3, -0.25) is 9.59 Å². The maximum atomic E-state index is 13.3. The molecule has 174 valence electrons. The molecule has 2 aliphatic rings. The lowest BCUT2D eigenvalue weighted by Crippen LogP contribution is -2.35. The number of nitrogens with zero attached hydrogens (tertiary/aromatic N) is 3. The van der Waals surface area contributed by atoms with Crippen LogP contribution >= 0.6 is 11.3 Å². The van der Waals surface area contributed by atoms with Gasteiger partial charge in [0.05, 0.1) is 10.1 Å². The third-order valence-electron chi connectivity index (χ3n) is 6.14. The minimum absolute atomic E-state index is 0.0220. The van der Waals surface area contributed by atoms with Crippen molar-refractivity contribution in [2.24, 2.45) is 5.92 Å². The highest BCUT2D eigenvalue weighted by atomic mass is 32.2. The summed E-state index contributed by atoms with van der Waals surface area (Å²) in [6.07, 6.45) is 6.40. The van der Waals surface area contributed by atoms with E-state index in [2.05, 4.69) is 15.3 Å². The van der Waals surface area contributed by atoms with Crippen LogP contribution in [0.2, 0.25) is 0 Å². The molecule has 0 radical (unpaired) electrons. The molecular formula is C22H24N4O5S2. The lowest BCUT2D eigenvalue weighted by Gasteiger charge is -2.27. The molecule has 33 heavy (non-hydrogen) atoms. The molecule has 4 heterocycles. The summed E-state index contributed by atoms with van der Waals surface area (Å²) in [5.41, 5.74) is 0.181. The molecule has 1 amide bonds. The summed E-state index contributed by atoms with van der Waals surface area (Å²) in [7, 11) is -3.49. The number of carbonyl (C=O) groups is 1. The van der Waals surface area contributed by atoms with Gasteiger partial charge in [0.25, 0.3) is 5.56 Å². The number of hydrogen-bond acceptors (Lipinski definition) is 8. The van der Waals surface area contributed by atoms with Crippen LogP contribution in [0.3, 0.4) is 0 Å². The van der Waals surface area contributed by atoms with Gasteiger partial charge >= 0.3 is 0 Å². The number of anilines is 1. The molecule has 0 aromatic carbocycles. The second kappa shape index (κ2) is 8.96. The monoisotopic (exact) mass is 488 g/mol. The van der Waals surface area contributed by atoms with Gasteiger partial charge < -0.3 is 14.6 Å². The molecule has 1 aliphatic heterocycles. The molecule has 0 spiro atoms. The van der Waals surface area contributed by atoms with Crippen LogP contribution in [0.25, 0.3) is 10.3 Å². The van der Waals surface area contributed by atoms with Crippen LogP contribution in [0.4, 0.5) is 5.13 Å². The molecule has 3 aromatic rings. The average Bonchev–Trinajstić information content (AvgIpc) is 3.59. The fourth-order valence-electron chi connectivity index (χ4n) is 4.13. The van der Waals surface area contributed by atoms with Gasteiger partial charge in [-0.2, -0.15) is 0 Å². The Hall–Kier alpha value is -2.63. The molecule has 2 fully saturated rings. The minimum Gasteiger partial charge on any atom is -0.381 e. The third kappa shape index (κ3) is 4.71. The molecule has 11 heteroatoms. The fourth-order valence-corrected chi connectivity index (χ4v) is 6.60. The minimum atomic E-state index is -3.49.